The average molecular weight is 459 g/mol. The Hall–Kier alpha value is -4.53. The van der Waals surface area contributed by atoms with Crippen LogP contribution in [0.1, 0.15) is 5.56 Å². The summed E-state index contributed by atoms with van der Waals surface area (Å²) < 4.78 is 6.14. The monoisotopic (exact) mass is 458 g/mol. The summed E-state index contributed by atoms with van der Waals surface area (Å²) in [5, 5.41) is 11.2. The second-order valence-electron chi connectivity index (χ2n) is 7.80. The van der Waals surface area contributed by atoms with Crippen LogP contribution in [0.5, 0.6) is 0 Å². The summed E-state index contributed by atoms with van der Waals surface area (Å²) in [5.74, 6) is 0.935. The van der Waals surface area contributed by atoms with E-state index in [0.717, 1.165) is 38.6 Å². The lowest BCUT2D eigenvalue weighted by molar-refractivity contribution is 0.669. The van der Waals surface area contributed by atoms with Crippen molar-refractivity contribution in [2.45, 2.75) is 0 Å². The number of halogens is 1. The summed E-state index contributed by atoms with van der Waals surface area (Å²) in [7, 11) is 0. The van der Waals surface area contributed by atoms with Gasteiger partial charge < -0.3 is 4.42 Å². The Morgan fingerprint density at radius 2 is 1.29 bits per heavy atom. The highest BCUT2D eigenvalue weighted by Gasteiger charge is 2.16. The van der Waals surface area contributed by atoms with E-state index in [1.54, 1.807) is 12.1 Å². The Bertz CT molecular complexity index is 1720. The highest BCUT2D eigenvalue weighted by atomic mass is 35.5. The van der Waals surface area contributed by atoms with Crippen LogP contribution < -0.4 is 0 Å². The third kappa shape index (κ3) is 3.47. The average Bonchev–Trinajstić information content (AvgIpc) is 3.27. The molecule has 0 saturated heterocycles. The van der Waals surface area contributed by atoms with Gasteiger partial charge in [0.05, 0.1) is 17.2 Å². The first-order valence-electron chi connectivity index (χ1n) is 10.6. The number of benzene rings is 4. The van der Waals surface area contributed by atoms with Gasteiger partial charge in [0, 0.05) is 16.3 Å². The van der Waals surface area contributed by atoms with E-state index >= 15 is 0 Å². The molecular weight excluding hydrogens is 444 g/mol. The zero-order valence-corrected chi connectivity index (χ0v) is 18.5. The SMILES string of the molecule is N#Cc1ccc(-c2ccc(-c3nc(Cl)nc(-c4cccc5c4oc4ccccc45)n3)cc2)cc1. The number of aromatic nitrogens is 3. The first-order chi connectivity index (χ1) is 16.7. The standard InChI is InChI=1S/C28H15ClN4O/c29-28-32-26(20-14-12-19(13-15-20)18-10-8-17(16-30)9-11-18)31-27(33-28)23-6-3-5-22-21-4-1-2-7-24(21)34-25(22)23/h1-15H. The minimum absolute atomic E-state index is 0.115. The number of fused-ring (bicyclic) bond motifs is 3. The second-order valence-corrected chi connectivity index (χ2v) is 8.14. The molecule has 6 heteroatoms. The predicted molar refractivity (Wildman–Crippen MR) is 133 cm³/mol. The van der Waals surface area contributed by atoms with Crippen LogP contribution in [-0.4, -0.2) is 15.0 Å². The fourth-order valence-electron chi connectivity index (χ4n) is 4.07. The van der Waals surface area contributed by atoms with Crippen molar-refractivity contribution in [3.05, 3.63) is 102 Å². The maximum atomic E-state index is 9.00. The molecule has 0 amide bonds. The largest absolute Gasteiger partial charge is 0.455 e. The normalized spacial score (nSPS) is 11.1. The lowest BCUT2D eigenvalue weighted by atomic mass is 10.0. The lowest BCUT2D eigenvalue weighted by Crippen LogP contribution is -1.97. The van der Waals surface area contributed by atoms with Crippen LogP contribution in [0, 0.1) is 11.3 Å². The minimum Gasteiger partial charge on any atom is -0.455 e. The molecule has 0 aliphatic heterocycles. The number of nitriles is 1. The Kier molecular flexibility index (Phi) is 4.80. The summed E-state index contributed by atoms with van der Waals surface area (Å²) in [6, 6.07) is 31.3. The van der Waals surface area contributed by atoms with Crippen molar-refractivity contribution in [2.75, 3.05) is 0 Å². The molecule has 0 aliphatic carbocycles. The third-order valence-electron chi connectivity index (χ3n) is 5.74. The van der Waals surface area contributed by atoms with Gasteiger partial charge in [-0.05, 0) is 47.0 Å². The molecule has 4 aromatic carbocycles. The number of nitrogens with zero attached hydrogens (tertiary/aromatic N) is 4. The maximum absolute atomic E-state index is 9.00. The highest BCUT2D eigenvalue weighted by molar-refractivity contribution is 6.28. The van der Waals surface area contributed by atoms with Gasteiger partial charge >= 0.3 is 0 Å². The van der Waals surface area contributed by atoms with Gasteiger partial charge in [-0.25, -0.2) is 4.98 Å². The van der Waals surface area contributed by atoms with Gasteiger partial charge in [0.15, 0.2) is 11.6 Å². The van der Waals surface area contributed by atoms with Gasteiger partial charge in [0.1, 0.15) is 11.2 Å². The minimum atomic E-state index is 0.115. The predicted octanol–water partition coefficient (Wildman–Crippen LogP) is 7.30. The van der Waals surface area contributed by atoms with E-state index in [4.69, 9.17) is 26.3 Å². The van der Waals surface area contributed by atoms with Crippen molar-refractivity contribution in [1.82, 2.24) is 15.0 Å². The molecular formula is C28H15ClN4O. The van der Waals surface area contributed by atoms with E-state index in [1.165, 1.54) is 0 Å². The van der Waals surface area contributed by atoms with Crippen LogP contribution in [0.15, 0.2) is 95.4 Å². The molecule has 0 aliphatic rings. The van der Waals surface area contributed by atoms with Gasteiger partial charge in [-0.1, -0.05) is 66.7 Å². The van der Waals surface area contributed by atoms with E-state index in [2.05, 4.69) is 16.0 Å². The summed E-state index contributed by atoms with van der Waals surface area (Å²) >= 11 is 6.32. The van der Waals surface area contributed by atoms with Gasteiger partial charge in [0.2, 0.25) is 5.28 Å². The lowest BCUT2D eigenvalue weighted by Gasteiger charge is -2.07. The van der Waals surface area contributed by atoms with Gasteiger partial charge in [-0.3, -0.25) is 0 Å². The van der Waals surface area contributed by atoms with Crippen LogP contribution in [0.3, 0.4) is 0 Å². The summed E-state index contributed by atoms with van der Waals surface area (Å²) in [6.07, 6.45) is 0. The van der Waals surface area contributed by atoms with E-state index in [-0.39, 0.29) is 5.28 Å². The molecule has 6 rings (SSSR count). The number of rotatable bonds is 3. The Morgan fingerprint density at radius 3 is 2.06 bits per heavy atom. The Balaban J connectivity index is 1.42. The highest BCUT2D eigenvalue weighted by Crippen LogP contribution is 2.35. The van der Waals surface area contributed by atoms with Gasteiger partial charge in [-0.15, -0.1) is 0 Å². The number of hydrogen-bond donors (Lipinski definition) is 0. The molecule has 0 spiro atoms. The topological polar surface area (TPSA) is 75.6 Å². The fraction of sp³-hybridized carbons (Fsp3) is 0. The van der Waals surface area contributed by atoms with E-state index in [1.807, 2.05) is 78.9 Å². The van der Waals surface area contributed by atoms with Crippen LogP contribution in [0.4, 0.5) is 0 Å². The van der Waals surface area contributed by atoms with Crippen LogP contribution in [0.25, 0.3) is 55.8 Å². The molecule has 2 aromatic heterocycles. The molecule has 0 unspecified atom stereocenters. The van der Waals surface area contributed by atoms with Crippen molar-refractivity contribution < 1.29 is 4.42 Å². The van der Waals surface area contributed by atoms with Crippen molar-refractivity contribution >= 4 is 33.5 Å². The van der Waals surface area contributed by atoms with E-state index in [0.29, 0.717) is 22.8 Å². The van der Waals surface area contributed by atoms with Crippen LogP contribution in [-0.2, 0) is 0 Å². The molecule has 5 nitrogen and oxygen atoms in total. The zero-order valence-electron chi connectivity index (χ0n) is 17.7. The molecule has 6 aromatic rings. The van der Waals surface area contributed by atoms with Crippen molar-refractivity contribution in [3.63, 3.8) is 0 Å². The molecule has 0 fully saturated rings. The van der Waals surface area contributed by atoms with Gasteiger partial charge in [0.25, 0.3) is 0 Å². The molecule has 160 valence electrons. The summed E-state index contributed by atoms with van der Waals surface area (Å²) in [6.45, 7) is 0. The van der Waals surface area contributed by atoms with Crippen LogP contribution >= 0.6 is 11.6 Å². The maximum Gasteiger partial charge on any atom is 0.226 e. The molecule has 0 saturated carbocycles. The number of para-hydroxylation sites is 2. The summed E-state index contributed by atoms with van der Waals surface area (Å²) in [4.78, 5) is 13.5. The first-order valence-corrected chi connectivity index (χ1v) is 11.0. The molecule has 0 bridgehead atoms. The Labute approximate surface area is 199 Å². The van der Waals surface area contributed by atoms with Crippen LogP contribution in [0.2, 0.25) is 5.28 Å². The molecule has 0 atom stereocenters. The molecule has 2 heterocycles. The number of hydrogen-bond acceptors (Lipinski definition) is 5. The molecule has 0 N–H and O–H groups in total. The molecule has 0 radical (unpaired) electrons. The van der Waals surface area contributed by atoms with Gasteiger partial charge in [-0.2, -0.15) is 15.2 Å². The first kappa shape index (κ1) is 20.1. The third-order valence-corrected chi connectivity index (χ3v) is 5.91. The quantitative estimate of drug-likeness (QED) is 0.278. The fourth-order valence-corrected chi connectivity index (χ4v) is 4.23. The zero-order chi connectivity index (χ0) is 23.1. The van der Waals surface area contributed by atoms with Crippen molar-refractivity contribution in [3.8, 4) is 40.0 Å². The van der Waals surface area contributed by atoms with E-state index in [9.17, 15) is 0 Å². The summed E-state index contributed by atoms with van der Waals surface area (Å²) in [5.41, 5.74) is 5.79. The smallest absolute Gasteiger partial charge is 0.226 e. The van der Waals surface area contributed by atoms with E-state index < -0.39 is 0 Å². The van der Waals surface area contributed by atoms with Crippen molar-refractivity contribution in [2.24, 2.45) is 0 Å². The second kappa shape index (κ2) is 8.11. The number of furan rings is 1. The Morgan fingerprint density at radius 1 is 0.647 bits per heavy atom. The molecule has 34 heavy (non-hydrogen) atoms. The van der Waals surface area contributed by atoms with Crippen molar-refractivity contribution in [1.29, 1.82) is 5.26 Å².